The smallest absolute Gasteiger partial charge is 0.239 e. The summed E-state index contributed by atoms with van der Waals surface area (Å²) in [5, 5.41) is 3.43. The van der Waals surface area contributed by atoms with Gasteiger partial charge in [-0.25, -0.2) is 4.98 Å². The van der Waals surface area contributed by atoms with E-state index in [-0.39, 0.29) is 11.2 Å². The van der Waals surface area contributed by atoms with Gasteiger partial charge in [0.05, 0.1) is 5.25 Å². The molecule has 5 heteroatoms. The SMILES string of the molecule is CCC(Sc1ccc(Cl)cc1)C(=O)Nc1ncccc1C. The number of thioether (sulfide) groups is 1. The van der Waals surface area contributed by atoms with Crippen molar-refractivity contribution in [2.24, 2.45) is 0 Å². The van der Waals surface area contributed by atoms with Crippen LogP contribution in [0.3, 0.4) is 0 Å². The second kappa shape index (κ2) is 7.48. The summed E-state index contributed by atoms with van der Waals surface area (Å²) in [5.74, 6) is 0.594. The molecule has 0 spiro atoms. The van der Waals surface area contributed by atoms with Crippen molar-refractivity contribution < 1.29 is 4.79 Å². The van der Waals surface area contributed by atoms with Gasteiger partial charge in [0.25, 0.3) is 0 Å². The molecule has 1 amide bonds. The lowest BCUT2D eigenvalue weighted by Crippen LogP contribution is -2.25. The molecule has 1 unspecified atom stereocenters. The zero-order chi connectivity index (χ0) is 15.2. The summed E-state index contributed by atoms with van der Waals surface area (Å²) in [6, 6.07) is 11.3. The van der Waals surface area contributed by atoms with Crippen LogP contribution in [0.2, 0.25) is 5.02 Å². The van der Waals surface area contributed by atoms with Crippen LogP contribution in [0.15, 0.2) is 47.5 Å². The molecule has 1 aromatic carbocycles. The molecule has 0 saturated carbocycles. The summed E-state index contributed by atoms with van der Waals surface area (Å²) >= 11 is 7.40. The molecule has 1 atom stereocenters. The van der Waals surface area contributed by atoms with Crippen LogP contribution in [0.1, 0.15) is 18.9 Å². The first-order valence-electron chi connectivity index (χ1n) is 6.75. The van der Waals surface area contributed by atoms with Gasteiger partial charge in [0.15, 0.2) is 0 Å². The van der Waals surface area contributed by atoms with E-state index in [0.717, 1.165) is 16.9 Å². The van der Waals surface area contributed by atoms with Crippen molar-refractivity contribution in [3.05, 3.63) is 53.2 Å². The molecule has 2 rings (SSSR count). The lowest BCUT2D eigenvalue weighted by molar-refractivity contribution is -0.115. The number of hydrogen-bond acceptors (Lipinski definition) is 3. The molecular formula is C16H17ClN2OS. The maximum Gasteiger partial charge on any atom is 0.239 e. The molecule has 0 aliphatic rings. The third-order valence-corrected chi connectivity index (χ3v) is 4.63. The van der Waals surface area contributed by atoms with Gasteiger partial charge in [-0.05, 0) is 49.2 Å². The number of nitrogens with one attached hydrogen (secondary N) is 1. The Kier molecular flexibility index (Phi) is 5.65. The van der Waals surface area contributed by atoms with E-state index in [1.54, 1.807) is 6.20 Å². The predicted molar refractivity (Wildman–Crippen MR) is 89.0 cm³/mol. The Bertz CT molecular complexity index is 616. The Morgan fingerprint density at radius 3 is 2.67 bits per heavy atom. The maximum atomic E-state index is 12.4. The van der Waals surface area contributed by atoms with E-state index in [0.29, 0.717) is 10.8 Å². The lowest BCUT2D eigenvalue weighted by Gasteiger charge is -2.15. The molecule has 110 valence electrons. The average Bonchev–Trinajstić information content (AvgIpc) is 2.49. The molecular weight excluding hydrogens is 304 g/mol. The van der Waals surface area contributed by atoms with Crippen LogP contribution in [-0.4, -0.2) is 16.1 Å². The van der Waals surface area contributed by atoms with Crippen molar-refractivity contribution in [1.29, 1.82) is 0 Å². The fraction of sp³-hybridized carbons (Fsp3) is 0.250. The summed E-state index contributed by atoms with van der Waals surface area (Å²) in [7, 11) is 0. The fourth-order valence-corrected chi connectivity index (χ4v) is 2.89. The van der Waals surface area contributed by atoms with Crippen LogP contribution in [0, 0.1) is 6.92 Å². The molecule has 1 aromatic heterocycles. The van der Waals surface area contributed by atoms with E-state index < -0.39 is 0 Å². The van der Waals surface area contributed by atoms with Gasteiger partial charge in [0.2, 0.25) is 5.91 Å². The highest BCUT2D eigenvalue weighted by molar-refractivity contribution is 8.00. The monoisotopic (exact) mass is 320 g/mol. The highest BCUT2D eigenvalue weighted by atomic mass is 35.5. The number of aryl methyl sites for hydroxylation is 1. The second-order valence-electron chi connectivity index (χ2n) is 4.63. The number of carbonyl (C=O) groups excluding carboxylic acids is 1. The van der Waals surface area contributed by atoms with E-state index in [1.165, 1.54) is 11.8 Å². The van der Waals surface area contributed by atoms with Gasteiger partial charge in [-0.2, -0.15) is 0 Å². The summed E-state index contributed by atoms with van der Waals surface area (Å²) in [5.41, 5.74) is 0.956. The molecule has 1 N–H and O–H groups in total. The van der Waals surface area contributed by atoms with Gasteiger partial charge < -0.3 is 5.32 Å². The lowest BCUT2D eigenvalue weighted by atomic mass is 10.2. The van der Waals surface area contributed by atoms with Crippen molar-refractivity contribution in [3.8, 4) is 0 Å². The maximum absolute atomic E-state index is 12.4. The van der Waals surface area contributed by atoms with Crippen molar-refractivity contribution >= 4 is 35.1 Å². The Morgan fingerprint density at radius 2 is 2.05 bits per heavy atom. The number of halogens is 1. The van der Waals surface area contributed by atoms with Gasteiger partial charge >= 0.3 is 0 Å². The summed E-state index contributed by atoms with van der Waals surface area (Å²) in [6.45, 7) is 3.92. The van der Waals surface area contributed by atoms with Crippen molar-refractivity contribution in [2.75, 3.05) is 5.32 Å². The standard InChI is InChI=1S/C16H17ClN2OS/c1-3-14(21-13-8-6-12(17)7-9-13)16(20)19-15-11(2)5-4-10-18-15/h4-10,14H,3H2,1-2H3,(H,18,19,20). The minimum Gasteiger partial charge on any atom is -0.310 e. The molecule has 2 aromatic rings. The minimum absolute atomic E-state index is 0.0285. The number of amides is 1. The van der Waals surface area contributed by atoms with Crippen molar-refractivity contribution in [1.82, 2.24) is 4.98 Å². The summed E-state index contributed by atoms with van der Waals surface area (Å²) in [4.78, 5) is 17.6. The normalized spacial score (nSPS) is 12.0. The number of pyridine rings is 1. The van der Waals surface area contributed by atoms with Crippen LogP contribution < -0.4 is 5.32 Å². The van der Waals surface area contributed by atoms with E-state index in [1.807, 2.05) is 50.2 Å². The highest BCUT2D eigenvalue weighted by Crippen LogP contribution is 2.27. The Hall–Kier alpha value is -1.52. The number of carbonyl (C=O) groups is 1. The number of hydrogen-bond donors (Lipinski definition) is 1. The zero-order valence-corrected chi connectivity index (χ0v) is 13.5. The summed E-state index contributed by atoms with van der Waals surface area (Å²) in [6.07, 6.45) is 2.42. The second-order valence-corrected chi connectivity index (χ2v) is 6.34. The summed E-state index contributed by atoms with van der Waals surface area (Å²) < 4.78 is 0. The largest absolute Gasteiger partial charge is 0.310 e. The van der Waals surface area contributed by atoms with Gasteiger partial charge in [0.1, 0.15) is 5.82 Å². The van der Waals surface area contributed by atoms with E-state index in [9.17, 15) is 4.79 Å². The number of aromatic nitrogens is 1. The Balaban J connectivity index is 2.05. The topological polar surface area (TPSA) is 42.0 Å². The van der Waals surface area contributed by atoms with Crippen LogP contribution in [-0.2, 0) is 4.79 Å². The average molecular weight is 321 g/mol. The zero-order valence-electron chi connectivity index (χ0n) is 12.0. The molecule has 3 nitrogen and oxygen atoms in total. The van der Waals surface area contributed by atoms with E-state index in [2.05, 4.69) is 10.3 Å². The number of benzene rings is 1. The molecule has 0 radical (unpaired) electrons. The molecule has 1 heterocycles. The van der Waals surface area contributed by atoms with Gasteiger partial charge in [-0.1, -0.05) is 24.6 Å². The first-order chi connectivity index (χ1) is 10.1. The number of nitrogens with zero attached hydrogens (tertiary/aromatic N) is 1. The molecule has 0 bridgehead atoms. The Labute approximate surface area is 134 Å². The molecule has 0 saturated heterocycles. The first-order valence-corrected chi connectivity index (χ1v) is 8.00. The molecule has 0 aliphatic carbocycles. The van der Waals surface area contributed by atoms with Crippen LogP contribution in [0.5, 0.6) is 0 Å². The van der Waals surface area contributed by atoms with Crippen molar-refractivity contribution in [2.45, 2.75) is 30.4 Å². The number of rotatable bonds is 5. The van der Waals surface area contributed by atoms with Crippen LogP contribution >= 0.6 is 23.4 Å². The number of anilines is 1. The molecule has 0 aliphatic heterocycles. The fourth-order valence-electron chi connectivity index (χ4n) is 1.81. The first kappa shape index (κ1) is 15.9. The van der Waals surface area contributed by atoms with E-state index >= 15 is 0 Å². The predicted octanol–water partition coefficient (Wildman–Crippen LogP) is 4.55. The highest BCUT2D eigenvalue weighted by Gasteiger charge is 2.19. The van der Waals surface area contributed by atoms with Crippen molar-refractivity contribution in [3.63, 3.8) is 0 Å². The van der Waals surface area contributed by atoms with Gasteiger partial charge in [-0.3, -0.25) is 4.79 Å². The third-order valence-electron chi connectivity index (χ3n) is 3.01. The quantitative estimate of drug-likeness (QED) is 0.822. The Morgan fingerprint density at radius 1 is 1.33 bits per heavy atom. The minimum atomic E-state index is -0.160. The third kappa shape index (κ3) is 4.48. The van der Waals surface area contributed by atoms with Gasteiger partial charge in [-0.15, -0.1) is 11.8 Å². The van der Waals surface area contributed by atoms with Crippen LogP contribution in [0.4, 0.5) is 5.82 Å². The van der Waals surface area contributed by atoms with Crippen LogP contribution in [0.25, 0.3) is 0 Å². The van der Waals surface area contributed by atoms with E-state index in [4.69, 9.17) is 11.6 Å². The molecule has 0 fully saturated rings. The molecule has 21 heavy (non-hydrogen) atoms. The van der Waals surface area contributed by atoms with Gasteiger partial charge in [0, 0.05) is 16.1 Å².